The zero-order valence-corrected chi connectivity index (χ0v) is 7.77. The lowest BCUT2D eigenvalue weighted by molar-refractivity contribution is 0.392. The number of nitrogens with zero attached hydrogens (tertiary/aromatic N) is 2. The molecule has 0 aliphatic heterocycles. The van der Waals surface area contributed by atoms with Crippen LogP contribution in [0.25, 0.3) is 11.3 Å². The molecule has 3 heteroatoms. The number of rotatable bonds is 2. The molecule has 1 aromatic carbocycles. The Hall–Kier alpha value is -1.90. The Kier molecular flexibility index (Phi) is 2.40. The lowest BCUT2D eigenvalue weighted by atomic mass is 10.1. The summed E-state index contributed by atoms with van der Waals surface area (Å²) >= 11 is 0. The quantitative estimate of drug-likeness (QED) is 0.717. The second kappa shape index (κ2) is 3.87. The third kappa shape index (κ3) is 1.71. The average molecular weight is 185 g/mol. The van der Waals surface area contributed by atoms with E-state index in [4.69, 9.17) is 4.74 Å². The van der Waals surface area contributed by atoms with Gasteiger partial charge in [0, 0.05) is 11.6 Å². The van der Waals surface area contributed by atoms with Gasteiger partial charge in [-0.25, -0.2) is 0 Å². The van der Waals surface area contributed by atoms with E-state index in [0.29, 0.717) is 5.88 Å². The molecule has 0 aliphatic rings. The van der Waals surface area contributed by atoms with Crippen LogP contribution in [0.15, 0.2) is 36.4 Å². The predicted octanol–water partition coefficient (Wildman–Crippen LogP) is 1.95. The zero-order valence-electron chi connectivity index (χ0n) is 7.77. The Morgan fingerprint density at radius 1 is 1.14 bits per heavy atom. The summed E-state index contributed by atoms with van der Waals surface area (Å²) in [4.78, 5) is 0. The molecule has 2 aromatic rings. The number of ether oxygens (including phenoxy) is 1. The van der Waals surface area contributed by atoms with Gasteiger partial charge < -0.3 is 4.74 Å². The zero-order chi connectivity index (χ0) is 9.80. The Balaban J connectivity index is 2.34. The highest BCUT2D eigenvalue weighted by atomic mass is 16.5. The Morgan fingerprint density at radius 2 is 2.07 bits per heavy atom. The summed E-state index contributed by atoms with van der Waals surface area (Å²) in [6.07, 6.45) is 0. The number of hydrogen-bond donors (Lipinski definition) is 0. The van der Waals surface area contributed by atoms with Crippen LogP contribution in [0.2, 0.25) is 0 Å². The molecule has 0 N–H and O–H groups in total. The maximum absolute atomic E-state index is 4.92. The van der Waals surface area contributed by atoms with Gasteiger partial charge >= 0.3 is 0 Å². The predicted molar refractivity (Wildman–Crippen MR) is 52.9 cm³/mol. The minimum atomic E-state index is 0.518. The van der Waals surface area contributed by atoms with E-state index in [1.54, 1.807) is 13.2 Å². The molecular formula is C11H9N2O. The average Bonchev–Trinajstić information content (AvgIpc) is 2.30. The van der Waals surface area contributed by atoms with Crippen LogP contribution in [0.1, 0.15) is 0 Å². The van der Waals surface area contributed by atoms with Crippen LogP contribution in [0.4, 0.5) is 0 Å². The molecule has 0 saturated heterocycles. The van der Waals surface area contributed by atoms with E-state index in [9.17, 15) is 0 Å². The van der Waals surface area contributed by atoms with Gasteiger partial charge in [-0.3, -0.25) is 0 Å². The molecule has 0 unspecified atom stereocenters. The van der Waals surface area contributed by atoms with Gasteiger partial charge in [0.1, 0.15) is 0 Å². The van der Waals surface area contributed by atoms with Gasteiger partial charge in [0.05, 0.1) is 12.8 Å². The van der Waals surface area contributed by atoms with Crippen LogP contribution < -0.4 is 4.74 Å². The minimum Gasteiger partial charge on any atom is -0.480 e. The Labute approximate surface area is 82.4 Å². The lowest BCUT2D eigenvalue weighted by Gasteiger charge is -1.99. The number of benzene rings is 1. The van der Waals surface area contributed by atoms with Crippen molar-refractivity contribution in [3.05, 3.63) is 42.5 Å². The fraction of sp³-hybridized carbons (Fsp3) is 0.0909. The van der Waals surface area contributed by atoms with Gasteiger partial charge in [0.25, 0.3) is 0 Å². The van der Waals surface area contributed by atoms with E-state index in [2.05, 4.69) is 16.3 Å². The maximum Gasteiger partial charge on any atom is 0.233 e. The molecule has 14 heavy (non-hydrogen) atoms. The highest BCUT2D eigenvalue weighted by Gasteiger charge is 1.99. The van der Waals surface area contributed by atoms with Crippen molar-refractivity contribution in [2.24, 2.45) is 0 Å². The van der Waals surface area contributed by atoms with Crippen molar-refractivity contribution in [1.82, 2.24) is 10.2 Å². The first kappa shape index (κ1) is 8.69. The molecule has 0 fully saturated rings. The smallest absolute Gasteiger partial charge is 0.233 e. The van der Waals surface area contributed by atoms with Crippen molar-refractivity contribution in [3.63, 3.8) is 0 Å². The first-order valence-corrected chi connectivity index (χ1v) is 4.25. The number of methoxy groups -OCH3 is 1. The standard InChI is InChI=1S/C11H9N2O/c1-14-11-8-7-10(12-13-11)9-5-3-2-4-6-9/h2-5,7-8H,1H3. The first-order chi connectivity index (χ1) is 6.90. The molecule has 0 atom stereocenters. The lowest BCUT2D eigenvalue weighted by Crippen LogP contribution is -1.91. The minimum absolute atomic E-state index is 0.518. The van der Waals surface area contributed by atoms with Crippen molar-refractivity contribution in [2.75, 3.05) is 7.11 Å². The molecule has 1 radical (unpaired) electrons. The molecule has 69 valence electrons. The fourth-order valence-corrected chi connectivity index (χ4v) is 1.13. The van der Waals surface area contributed by atoms with Crippen molar-refractivity contribution < 1.29 is 4.74 Å². The maximum atomic E-state index is 4.92. The van der Waals surface area contributed by atoms with E-state index in [-0.39, 0.29) is 0 Å². The highest BCUT2D eigenvalue weighted by Crippen LogP contribution is 2.15. The summed E-state index contributed by atoms with van der Waals surface area (Å²) in [5.74, 6) is 0.518. The fourth-order valence-electron chi connectivity index (χ4n) is 1.13. The van der Waals surface area contributed by atoms with E-state index in [1.807, 2.05) is 30.3 Å². The molecule has 2 rings (SSSR count). The van der Waals surface area contributed by atoms with E-state index in [1.165, 1.54) is 0 Å². The summed E-state index contributed by atoms with van der Waals surface area (Å²) in [6.45, 7) is 0. The van der Waals surface area contributed by atoms with Crippen molar-refractivity contribution in [1.29, 1.82) is 0 Å². The number of aromatic nitrogens is 2. The third-order valence-electron chi connectivity index (χ3n) is 1.83. The Bertz CT molecular complexity index is 397. The summed E-state index contributed by atoms with van der Waals surface area (Å²) in [6, 6.07) is 14.4. The molecular weight excluding hydrogens is 176 g/mol. The van der Waals surface area contributed by atoms with E-state index in [0.717, 1.165) is 11.3 Å². The number of hydrogen-bond acceptors (Lipinski definition) is 3. The van der Waals surface area contributed by atoms with Gasteiger partial charge in [-0.2, -0.15) is 0 Å². The van der Waals surface area contributed by atoms with Gasteiger partial charge in [-0.05, 0) is 12.1 Å². The monoisotopic (exact) mass is 185 g/mol. The second-order valence-corrected chi connectivity index (χ2v) is 2.74. The molecule has 1 aromatic heterocycles. The first-order valence-electron chi connectivity index (χ1n) is 4.25. The highest BCUT2D eigenvalue weighted by molar-refractivity contribution is 5.57. The van der Waals surface area contributed by atoms with Crippen molar-refractivity contribution in [3.8, 4) is 17.1 Å². The Morgan fingerprint density at radius 3 is 2.64 bits per heavy atom. The molecule has 0 spiro atoms. The van der Waals surface area contributed by atoms with Crippen LogP contribution in [-0.4, -0.2) is 17.3 Å². The summed E-state index contributed by atoms with van der Waals surface area (Å²) in [5.41, 5.74) is 1.73. The summed E-state index contributed by atoms with van der Waals surface area (Å²) in [7, 11) is 1.57. The van der Waals surface area contributed by atoms with Gasteiger partial charge in [-0.1, -0.05) is 24.3 Å². The van der Waals surface area contributed by atoms with Gasteiger partial charge in [0.2, 0.25) is 5.88 Å². The molecule has 0 saturated carbocycles. The van der Waals surface area contributed by atoms with Crippen LogP contribution >= 0.6 is 0 Å². The van der Waals surface area contributed by atoms with Gasteiger partial charge in [-0.15, -0.1) is 10.2 Å². The van der Waals surface area contributed by atoms with Gasteiger partial charge in [0.15, 0.2) is 0 Å². The second-order valence-electron chi connectivity index (χ2n) is 2.74. The van der Waals surface area contributed by atoms with Crippen LogP contribution in [-0.2, 0) is 0 Å². The molecule has 1 heterocycles. The SMILES string of the molecule is COc1ccc(-c2[c]cccc2)nn1. The van der Waals surface area contributed by atoms with Crippen LogP contribution in [0, 0.1) is 6.07 Å². The topological polar surface area (TPSA) is 35.0 Å². The summed E-state index contributed by atoms with van der Waals surface area (Å²) < 4.78 is 4.92. The molecule has 0 amide bonds. The normalized spacial score (nSPS) is 9.79. The largest absolute Gasteiger partial charge is 0.480 e. The van der Waals surface area contributed by atoms with Crippen molar-refractivity contribution >= 4 is 0 Å². The van der Waals surface area contributed by atoms with Crippen LogP contribution in [0.5, 0.6) is 5.88 Å². The van der Waals surface area contributed by atoms with E-state index >= 15 is 0 Å². The third-order valence-corrected chi connectivity index (χ3v) is 1.83. The van der Waals surface area contributed by atoms with E-state index < -0.39 is 0 Å². The molecule has 3 nitrogen and oxygen atoms in total. The van der Waals surface area contributed by atoms with Crippen LogP contribution in [0.3, 0.4) is 0 Å². The molecule has 0 aliphatic carbocycles. The molecule has 0 bridgehead atoms. The van der Waals surface area contributed by atoms with Crippen molar-refractivity contribution in [2.45, 2.75) is 0 Å². The summed E-state index contributed by atoms with van der Waals surface area (Å²) in [5, 5.41) is 7.89.